The van der Waals surface area contributed by atoms with Crippen LogP contribution < -0.4 is 9.47 Å². The molecule has 0 aliphatic heterocycles. The van der Waals surface area contributed by atoms with Crippen LogP contribution in [0.4, 0.5) is 0 Å². The summed E-state index contributed by atoms with van der Waals surface area (Å²) in [6.45, 7) is 2.84. The molecule has 0 atom stereocenters. The van der Waals surface area contributed by atoms with Crippen LogP contribution in [-0.2, 0) is 12.3 Å². The molecule has 2 heterocycles. The fourth-order valence-corrected chi connectivity index (χ4v) is 3.85. The van der Waals surface area contributed by atoms with Crippen molar-refractivity contribution in [2.45, 2.75) is 24.4 Å². The topological polar surface area (TPSA) is 88.1 Å². The van der Waals surface area contributed by atoms with Crippen LogP contribution in [0.5, 0.6) is 11.5 Å². The highest BCUT2D eigenvalue weighted by atomic mass is 32.2. The van der Waals surface area contributed by atoms with Gasteiger partial charge in [-0.1, -0.05) is 47.3 Å². The third kappa shape index (κ3) is 4.02. The second kappa shape index (κ2) is 9.00. The summed E-state index contributed by atoms with van der Waals surface area (Å²) in [4.78, 5) is 4.49. The number of rotatable bonds is 8. The number of nitrogens with zero attached hydrogens (tertiary/aromatic N) is 5. The van der Waals surface area contributed by atoms with E-state index in [4.69, 9.17) is 14.0 Å². The molecule has 0 fully saturated rings. The third-order valence-electron chi connectivity index (χ3n) is 4.50. The summed E-state index contributed by atoms with van der Waals surface area (Å²) in [6.07, 6.45) is 0. The van der Waals surface area contributed by atoms with Crippen molar-refractivity contribution in [2.75, 3.05) is 14.2 Å². The molecule has 0 amide bonds. The monoisotopic (exact) mass is 423 g/mol. The Hall–Kier alpha value is -3.33. The number of benzene rings is 2. The molecule has 0 saturated carbocycles. The van der Waals surface area contributed by atoms with Crippen molar-refractivity contribution >= 4 is 11.8 Å². The summed E-state index contributed by atoms with van der Waals surface area (Å²) in [6, 6.07) is 15.5. The lowest BCUT2D eigenvalue weighted by molar-refractivity contribution is 0.355. The Morgan fingerprint density at radius 1 is 0.967 bits per heavy atom. The van der Waals surface area contributed by atoms with Gasteiger partial charge in [0.2, 0.25) is 11.7 Å². The molecule has 4 rings (SSSR count). The van der Waals surface area contributed by atoms with Crippen molar-refractivity contribution in [3.05, 3.63) is 54.4 Å². The van der Waals surface area contributed by atoms with Crippen molar-refractivity contribution in [3.63, 3.8) is 0 Å². The van der Waals surface area contributed by atoms with Gasteiger partial charge in [0, 0.05) is 17.7 Å². The first kappa shape index (κ1) is 20.0. The van der Waals surface area contributed by atoms with E-state index in [9.17, 15) is 0 Å². The van der Waals surface area contributed by atoms with E-state index in [1.165, 1.54) is 11.8 Å². The van der Waals surface area contributed by atoms with Crippen molar-refractivity contribution < 1.29 is 14.0 Å². The molecule has 9 heteroatoms. The number of hydrogen-bond donors (Lipinski definition) is 0. The Bertz CT molecular complexity index is 1130. The average Bonchev–Trinajstić information content (AvgIpc) is 3.44. The average molecular weight is 423 g/mol. The lowest BCUT2D eigenvalue weighted by atomic mass is 10.2. The Morgan fingerprint density at radius 2 is 1.77 bits per heavy atom. The van der Waals surface area contributed by atoms with E-state index in [1.54, 1.807) is 14.2 Å². The summed E-state index contributed by atoms with van der Waals surface area (Å²) >= 11 is 1.51. The van der Waals surface area contributed by atoms with Crippen LogP contribution in [0, 0.1) is 0 Å². The minimum absolute atomic E-state index is 0.493. The summed E-state index contributed by atoms with van der Waals surface area (Å²) < 4.78 is 18.1. The zero-order valence-corrected chi connectivity index (χ0v) is 17.7. The molecule has 0 N–H and O–H groups in total. The molecule has 0 unspecified atom stereocenters. The van der Waals surface area contributed by atoms with Crippen LogP contribution in [-0.4, -0.2) is 39.1 Å². The molecule has 30 heavy (non-hydrogen) atoms. The van der Waals surface area contributed by atoms with Gasteiger partial charge in [0.05, 0.1) is 20.0 Å². The maximum atomic E-state index is 5.42. The lowest BCUT2D eigenvalue weighted by Gasteiger charge is -2.07. The second-order valence-corrected chi connectivity index (χ2v) is 7.23. The normalized spacial score (nSPS) is 10.9. The molecule has 2 aromatic carbocycles. The first-order chi connectivity index (χ1) is 14.7. The Balaban J connectivity index is 1.50. The highest BCUT2D eigenvalue weighted by Gasteiger charge is 2.16. The minimum atomic E-state index is 0.493. The number of ether oxygens (including phenoxy) is 2. The van der Waals surface area contributed by atoms with Gasteiger partial charge in [-0.3, -0.25) is 0 Å². The zero-order chi connectivity index (χ0) is 20.9. The van der Waals surface area contributed by atoms with Crippen molar-refractivity contribution in [1.29, 1.82) is 0 Å². The molecule has 0 saturated heterocycles. The van der Waals surface area contributed by atoms with E-state index in [2.05, 4.69) is 31.8 Å². The minimum Gasteiger partial charge on any atom is -0.493 e. The van der Waals surface area contributed by atoms with Gasteiger partial charge in [-0.15, -0.1) is 10.2 Å². The van der Waals surface area contributed by atoms with Crippen LogP contribution in [0.25, 0.3) is 22.8 Å². The van der Waals surface area contributed by atoms with Crippen LogP contribution in [0.1, 0.15) is 12.8 Å². The molecule has 2 aromatic heterocycles. The number of hydrogen-bond acceptors (Lipinski definition) is 8. The maximum absolute atomic E-state index is 5.42. The quantitative estimate of drug-likeness (QED) is 0.387. The first-order valence-electron chi connectivity index (χ1n) is 9.40. The fourth-order valence-electron chi connectivity index (χ4n) is 3.01. The molecule has 0 aliphatic carbocycles. The summed E-state index contributed by atoms with van der Waals surface area (Å²) in [5.74, 6) is 3.60. The van der Waals surface area contributed by atoms with Crippen molar-refractivity contribution in [1.82, 2.24) is 24.9 Å². The summed E-state index contributed by atoms with van der Waals surface area (Å²) in [5.41, 5.74) is 1.82. The highest BCUT2D eigenvalue weighted by Crippen LogP contribution is 2.32. The zero-order valence-electron chi connectivity index (χ0n) is 16.9. The summed E-state index contributed by atoms with van der Waals surface area (Å²) in [5, 5.41) is 13.6. The van der Waals surface area contributed by atoms with Crippen LogP contribution in [0.2, 0.25) is 0 Å². The molecule has 154 valence electrons. The highest BCUT2D eigenvalue weighted by molar-refractivity contribution is 7.98. The predicted molar refractivity (Wildman–Crippen MR) is 114 cm³/mol. The van der Waals surface area contributed by atoms with Gasteiger partial charge in [0.25, 0.3) is 0 Å². The second-order valence-electron chi connectivity index (χ2n) is 6.29. The standard InChI is InChI=1S/C21H21N5O3S/c1-4-26-20(14-8-6-5-7-9-14)23-24-21(26)30-13-18-22-19(25-29-18)15-10-11-16(27-2)17(12-15)28-3/h5-12H,4,13H2,1-3H3. The van der Waals surface area contributed by atoms with E-state index in [-0.39, 0.29) is 0 Å². The van der Waals surface area contributed by atoms with E-state index in [1.807, 2.05) is 48.5 Å². The SMILES string of the molecule is CCn1c(SCc2nc(-c3ccc(OC)c(OC)c3)no2)nnc1-c1ccccc1. The molecule has 4 aromatic rings. The van der Waals surface area contributed by atoms with Crippen molar-refractivity contribution in [2.24, 2.45) is 0 Å². The van der Waals surface area contributed by atoms with Crippen LogP contribution in [0.3, 0.4) is 0 Å². The number of aromatic nitrogens is 5. The fraction of sp³-hybridized carbons (Fsp3) is 0.238. The molecular formula is C21H21N5O3S. The molecule has 0 bridgehead atoms. The van der Waals surface area contributed by atoms with Gasteiger partial charge in [0.15, 0.2) is 22.5 Å². The Kier molecular flexibility index (Phi) is 5.99. The smallest absolute Gasteiger partial charge is 0.237 e. The number of methoxy groups -OCH3 is 2. The van der Waals surface area contributed by atoms with Gasteiger partial charge in [-0.2, -0.15) is 4.98 Å². The Labute approximate surface area is 178 Å². The van der Waals surface area contributed by atoms with E-state index in [0.717, 1.165) is 28.7 Å². The van der Waals surface area contributed by atoms with Gasteiger partial charge in [-0.05, 0) is 25.1 Å². The summed E-state index contributed by atoms with van der Waals surface area (Å²) in [7, 11) is 3.19. The number of thioether (sulfide) groups is 1. The van der Waals surface area contributed by atoms with Crippen LogP contribution in [0.15, 0.2) is 58.2 Å². The largest absolute Gasteiger partial charge is 0.493 e. The van der Waals surface area contributed by atoms with E-state index in [0.29, 0.717) is 29.0 Å². The van der Waals surface area contributed by atoms with E-state index < -0.39 is 0 Å². The predicted octanol–water partition coefficient (Wildman–Crippen LogP) is 4.32. The van der Waals surface area contributed by atoms with Gasteiger partial charge in [-0.25, -0.2) is 0 Å². The Morgan fingerprint density at radius 3 is 2.50 bits per heavy atom. The lowest BCUT2D eigenvalue weighted by Crippen LogP contribution is -1.99. The van der Waals surface area contributed by atoms with Gasteiger partial charge < -0.3 is 18.6 Å². The van der Waals surface area contributed by atoms with Gasteiger partial charge >= 0.3 is 0 Å². The molecule has 0 aliphatic rings. The molecule has 0 radical (unpaired) electrons. The van der Waals surface area contributed by atoms with Gasteiger partial charge in [0.1, 0.15) is 0 Å². The molecule has 8 nitrogen and oxygen atoms in total. The van der Waals surface area contributed by atoms with Crippen molar-refractivity contribution in [3.8, 4) is 34.3 Å². The molecule has 0 spiro atoms. The van der Waals surface area contributed by atoms with Crippen LogP contribution >= 0.6 is 11.8 Å². The maximum Gasteiger partial charge on any atom is 0.237 e. The third-order valence-corrected chi connectivity index (χ3v) is 5.45. The van der Waals surface area contributed by atoms with E-state index >= 15 is 0 Å². The first-order valence-corrected chi connectivity index (χ1v) is 10.4. The molecular weight excluding hydrogens is 402 g/mol.